The van der Waals surface area contributed by atoms with Crippen molar-refractivity contribution in [3.05, 3.63) is 57.8 Å². The first-order valence-corrected chi connectivity index (χ1v) is 9.07. The second kappa shape index (κ2) is 6.82. The van der Waals surface area contributed by atoms with Crippen molar-refractivity contribution in [1.29, 1.82) is 0 Å². The van der Waals surface area contributed by atoms with Crippen molar-refractivity contribution in [2.75, 3.05) is 19.7 Å². The highest BCUT2D eigenvalue weighted by atomic mass is 35.5. The van der Waals surface area contributed by atoms with Crippen LogP contribution in [0.25, 0.3) is 11.0 Å². The van der Waals surface area contributed by atoms with Crippen molar-refractivity contribution in [2.24, 2.45) is 0 Å². The number of benzene rings is 2. The Labute approximate surface area is 160 Å². The van der Waals surface area contributed by atoms with Gasteiger partial charge < -0.3 is 14.6 Å². The van der Waals surface area contributed by atoms with E-state index in [9.17, 15) is 4.79 Å². The Kier molecular flexibility index (Phi) is 4.51. The molecule has 3 aromatic rings. The molecule has 5 nitrogen and oxygen atoms in total. The minimum absolute atomic E-state index is 0.0482. The summed E-state index contributed by atoms with van der Waals surface area (Å²) < 4.78 is 5.51. The molecule has 1 saturated heterocycles. The van der Waals surface area contributed by atoms with Gasteiger partial charge in [-0.25, -0.2) is 4.98 Å². The van der Waals surface area contributed by atoms with Crippen molar-refractivity contribution >= 4 is 40.1 Å². The maximum Gasteiger partial charge on any atom is 0.260 e. The minimum atomic E-state index is -0.0702. The number of imidazole rings is 1. The zero-order valence-electron chi connectivity index (χ0n) is 14.1. The highest BCUT2D eigenvalue weighted by Gasteiger charge is 2.33. The molecule has 134 valence electrons. The molecule has 1 N–H and O–H groups in total. The maximum atomic E-state index is 12.3. The molecule has 0 unspecified atom stereocenters. The molecular weight excluding hydrogens is 373 g/mol. The summed E-state index contributed by atoms with van der Waals surface area (Å²) in [4.78, 5) is 22.0. The lowest BCUT2D eigenvalue weighted by atomic mass is 9.99. The molecule has 0 saturated carbocycles. The largest absolute Gasteiger partial charge is 0.482 e. The van der Waals surface area contributed by atoms with Crippen molar-refractivity contribution < 1.29 is 9.53 Å². The van der Waals surface area contributed by atoms with Crippen molar-refractivity contribution in [2.45, 2.75) is 12.8 Å². The number of aromatic nitrogens is 2. The lowest BCUT2D eigenvalue weighted by Crippen LogP contribution is -2.50. The summed E-state index contributed by atoms with van der Waals surface area (Å²) in [6.45, 7) is 3.27. The molecule has 26 heavy (non-hydrogen) atoms. The van der Waals surface area contributed by atoms with Gasteiger partial charge in [0.25, 0.3) is 5.91 Å². The predicted octanol–water partition coefficient (Wildman–Crippen LogP) is 4.18. The highest BCUT2D eigenvalue weighted by molar-refractivity contribution is 6.35. The van der Waals surface area contributed by atoms with Crippen LogP contribution < -0.4 is 4.74 Å². The van der Waals surface area contributed by atoms with Gasteiger partial charge in [-0.15, -0.1) is 0 Å². The van der Waals surface area contributed by atoms with Gasteiger partial charge in [0, 0.05) is 18.1 Å². The Hall–Kier alpha value is -2.24. The van der Waals surface area contributed by atoms with Crippen LogP contribution in [0.4, 0.5) is 0 Å². The van der Waals surface area contributed by atoms with E-state index in [1.54, 1.807) is 23.1 Å². The fourth-order valence-electron chi connectivity index (χ4n) is 3.01. The molecular formula is C19H17Cl2N3O2. The summed E-state index contributed by atoms with van der Waals surface area (Å²) in [5.41, 5.74) is 3.18. The van der Waals surface area contributed by atoms with E-state index in [-0.39, 0.29) is 18.4 Å². The number of nitrogens with one attached hydrogen (secondary N) is 1. The average Bonchev–Trinajstić information content (AvgIpc) is 2.95. The Morgan fingerprint density at radius 2 is 2.08 bits per heavy atom. The number of halogens is 2. The summed E-state index contributed by atoms with van der Waals surface area (Å²) >= 11 is 11.9. The number of likely N-dealkylation sites (tertiary alicyclic amines) is 1. The van der Waals surface area contributed by atoms with Gasteiger partial charge in [0.1, 0.15) is 11.6 Å². The van der Waals surface area contributed by atoms with Crippen LogP contribution >= 0.6 is 23.2 Å². The number of carbonyl (C=O) groups is 1. The van der Waals surface area contributed by atoms with Gasteiger partial charge in [0.15, 0.2) is 6.61 Å². The predicted molar refractivity (Wildman–Crippen MR) is 102 cm³/mol. The first-order valence-electron chi connectivity index (χ1n) is 8.31. The van der Waals surface area contributed by atoms with Gasteiger partial charge in [-0.2, -0.15) is 0 Å². The minimum Gasteiger partial charge on any atom is -0.482 e. The SMILES string of the molecule is Cc1ccc2nc(C3CN(C(=O)COc4ccc(Cl)cc4Cl)C3)[nH]c2c1. The van der Waals surface area contributed by atoms with E-state index in [2.05, 4.69) is 23.0 Å². The van der Waals surface area contributed by atoms with Crippen LogP contribution in [0.1, 0.15) is 17.3 Å². The lowest BCUT2D eigenvalue weighted by molar-refractivity contribution is -0.137. The number of rotatable bonds is 4. The van der Waals surface area contributed by atoms with Gasteiger partial charge >= 0.3 is 0 Å². The molecule has 0 spiro atoms. The molecule has 0 bridgehead atoms. The molecule has 4 rings (SSSR count). The zero-order chi connectivity index (χ0) is 18.3. The quantitative estimate of drug-likeness (QED) is 0.727. The van der Waals surface area contributed by atoms with Gasteiger partial charge in [0.05, 0.1) is 22.0 Å². The van der Waals surface area contributed by atoms with Crippen LogP contribution in [0.2, 0.25) is 10.0 Å². The molecule has 0 radical (unpaired) electrons. The van der Waals surface area contributed by atoms with Crippen molar-refractivity contribution in [1.82, 2.24) is 14.9 Å². The highest BCUT2D eigenvalue weighted by Crippen LogP contribution is 2.29. The monoisotopic (exact) mass is 389 g/mol. The smallest absolute Gasteiger partial charge is 0.260 e. The number of nitrogens with zero attached hydrogens (tertiary/aromatic N) is 2. The van der Waals surface area contributed by atoms with E-state index in [1.165, 1.54) is 5.56 Å². The number of ether oxygens (including phenoxy) is 1. The number of aryl methyl sites for hydroxylation is 1. The molecule has 1 aromatic heterocycles. The summed E-state index contributed by atoms with van der Waals surface area (Å²) in [5.74, 6) is 1.54. The van der Waals surface area contributed by atoms with E-state index < -0.39 is 0 Å². The van der Waals surface area contributed by atoms with Crippen LogP contribution in [-0.4, -0.2) is 40.5 Å². The van der Waals surface area contributed by atoms with Crippen LogP contribution in [-0.2, 0) is 4.79 Å². The first-order chi connectivity index (χ1) is 12.5. The van der Waals surface area contributed by atoms with Gasteiger partial charge in [0.2, 0.25) is 0 Å². The van der Waals surface area contributed by atoms with Crippen LogP contribution in [0.3, 0.4) is 0 Å². The Morgan fingerprint density at radius 1 is 1.27 bits per heavy atom. The summed E-state index contributed by atoms with van der Waals surface area (Å²) in [7, 11) is 0. The zero-order valence-corrected chi connectivity index (χ0v) is 15.6. The van der Waals surface area contributed by atoms with E-state index in [0.29, 0.717) is 28.9 Å². The number of H-pyrrole nitrogens is 1. The first kappa shape index (κ1) is 17.2. The fourth-order valence-corrected chi connectivity index (χ4v) is 3.48. The van der Waals surface area contributed by atoms with E-state index in [1.807, 2.05) is 12.1 Å². The van der Waals surface area contributed by atoms with E-state index in [0.717, 1.165) is 16.9 Å². The molecule has 2 heterocycles. The van der Waals surface area contributed by atoms with Gasteiger partial charge in [-0.1, -0.05) is 29.3 Å². The van der Waals surface area contributed by atoms with Gasteiger partial charge in [-0.05, 0) is 42.8 Å². The third-order valence-corrected chi connectivity index (χ3v) is 5.05. The molecule has 1 amide bonds. The van der Waals surface area contributed by atoms with Gasteiger partial charge in [-0.3, -0.25) is 4.79 Å². The number of amides is 1. The van der Waals surface area contributed by atoms with Crippen LogP contribution in [0, 0.1) is 6.92 Å². The van der Waals surface area contributed by atoms with Crippen molar-refractivity contribution in [3.8, 4) is 5.75 Å². The third kappa shape index (κ3) is 3.37. The molecule has 0 aliphatic carbocycles. The Morgan fingerprint density at radius 3 is 2.85 bits per heavy atom. The number of hydrogen-bond donors (Lipinski definition) is 1. The van der Waals surface area contributed by atoms with E-state index in [4.69, 9.17) is 27.9 Å². The Balaban J connectivity index is 1.34. The molecule has 1 aliphatic rings. The number of aromatic amines is 1. The van der Waals surface area contributed by atoms with Crippen molar-refractivity contribution in [3.63, 3.8) is 0 Å². The third-order valence-electron chi connectivity index (χ3n) is 4.52. The summed E-state index contributed by atoms with van der Waals surface area (Å²) in [6, 6.07) is 11.1. The van der Waals surface area contributed by atoms with Crippen LogP contribution in [0.5, 0.6) is 5.75 Å². The molecule has 1 fully saturated rings. The second-order valence-electron chi connectivity index (χ2n) is 6.50. The summed E-state index contributed by atoms with van der Waals surface area (Å²) in [6.07, 6.45) is 0. The molecule has 7 heteroatoms. The lowest BCUT2D eigenvalue weighted by Gasteiger charge is -2.38. The summed E-state index contributed by atoms with van der Waals surface area (Å²) in [5, 5.41) is 0.921. The van der Waals surface area contributed by atoms with Crippen LogP contribution in [0.15, 0.2) is 36.4 Å². The number of carbonyl (C=O) groups excluding carboxylic acids is 1. The second-order valence-corrected chi connectivity index (χ2v) is 7.35. The standard InChI is InChI=1S/C19H17Cl2N3O2/c1-11-2-4-15-16(6-11)23-19(22-15)12-8-24(9-12)18(25)10-26-17-5-3-13(20)7-14(17)21/h2-7,12H,8-10H2,1H3,(H,22,23). The number of fused-ring (bicyclic) bond motifs is 1. The molecule has 2 aromatic carbocycles. The molecule has 0 atom stereocenters. The Bertz CT molecular complexity index is 980. The maximum absolute atomic E-state index is 12.3. The fraction of sp³-hybridized carbons (Fsp3) is 0.263. The number of hydrogen-bond acceptors (Lipinski definition) is 3. The average molecular weight is 390 g/mol. The molecule has 1 aliphatic heterocycles. The van der Waals surface area contributed by atoms with E-state index >= 15 is 0 Å². The topological polar surface area (TPSA) is 58.2 Å². The normalized spacial score (nSPS) is 14.5.